The van der Waals surface area contributed by atoms with Crippen LogP contribution in [-0.4, -0.2) is 15.0 Å². The highest BCUT2D eigenvalue weighted by Gasteiger charge is 2.47. The lowest BCUT2D eigenvalue weighted by atomic mass is 9.61. The van der Waals surface area contributed by atoms with E-state index in [9.17, 15) is 5.26 Å². The van der Waals surface area contributed by atoms with Crippen LogP contribution in [0.2, 0.25) is 0 Å². The van der Waals surface area contributed by atoms with Gasteiger partial charge in [0.15, 0.2) is 17.5 Å². The normalized spacial score (nSPS) is 17.5. The lowest BCUT2D eigenvalue weighted by molar-refractivity contribution is 0.427. The number of nitrogens with zero attached hydrogens (tertiary/aromatic N) is 4. The zero-order chi connectivity index (χ0) is 34.4. The molecule has 0 saturated carbocycles. The van der Waals surface area contributed by atoms with E-state index < -0.39 is 5.41 Å². The molecule has 0 fully saturated rings. The maximum atomic E-state index is 9.47. The van der Waals surface area contributed by atoms with Gasteiger partial charge in [-0.3, -0.25) is 0 Å². The van der Waals surface area contributed by atoms with Crippen LogP contribution in [0.1, 0.15) is 35.6 Å². The van der Waals surface area contributed by atoms with Crippen LogP contribution in [0.4, 0.5) is 0 Å². The van der Waals surface area contributed by atoms with Gasteiger partial charge in [-0.15, -0.1) is 0 Å². The summed E-state index contributed by atoms with van der Waals surface area (Å²) in [6.45, 7) is 2.27. The third kappa shape index (κ3) is 5.12. The number of ether oxygens (including phenoxy) is 1. The highest BCUT2D eigenvalue weighted by molar-refractivity contribution is 5.95. The van der Waals surface area contributed by atoms with Crippen LogP contribution in [0.15, 0.2) is 163 Å². The van der Waals surface area contributed by atoms with E-state index in [1.54, 1.807) is 12.1 Å². The van der Waals surface area contributed by atoms with Crippen molar-refractivity contribution in [3.05, 3.63) is 186 Å². The van der Waals surface area contributed by atoms with Crippen LogP contribution in [0.5, 0.6) is 11.5 Å². The van der Waals surface area contributed by atoms with Crippen molar-refractivity contribution in [2.45, 2.75) is 18.8 Å². The molecule has 0 N–H and O–H groups in total. The lowest BCUT2D eigenvalue weighted by Gasteiger charge is -2.44. The number of hydrogen-bond acceptors (Lipinski definition) is 5. The first-order valence-electron chi connectivity index (χ1n) is 17.2. The SMILES string of the molecule is CC1C=CC=C(C2(c3ccccc3)c3ccccc3Oc3ccc(-c4nc(-c5ccc(C#N)cc5)nc(-c5cccc6ccccc56)n4)cc32)C1. The maximum absolute atomic E-state index is 9.47. The number of rotatable bonds is 5. The van der Waals surface area contributed by atoms with E-state index >= 15 is 0 Å². The molecule has 0 spiro atoms. The molecule has 0 saturated heterocycles. The van der Waals surface area contributed by atoms with E-state index in [0.717, 1.165) is 56.5 Å². The molecule has 7 aromatic rings. The summed E-state index contributed by atoms with van der Waals surface area (Å²) in [6, 6.07) is 49.6. The second kappa shape index (κ2) is 12.4. The average Bonchev–Trinajstić information content (AvgIpc) is 3.19. The van der Waals surface area contributed by atoms with Crippen molar-refractivity contribution in [2.75, 3.05) is 0 Å². The zero-order valence-corrected chi connectivity index (χ0v) is 28.0. The van der Waals surface area contributed by atoms with E-state index in [4.69, 9.17) is 19.7 Å². The Morgan fingerprint density at radius 2 is 1.35 bits per heavy atom. The van der Waals surface area contributed by atoms with Crippen LogP contribution >= 0.6 is 0 Å². The van der Waals surface area contributed by atoms with Crippen LogP contribution < -0.4 is 4.74 Å². The van der Waals surface area contributed by atoms with Gasteiger partial charge >= 0.3 is 0 Å². The number of fused-ring (bicyclic) bond motifs is 3. The Labute approximate surface area is 296 Å². The molecule has 0 bridgehead atoms. The Morgan fingerprint density at radius 3 is 2.18 bits per heavy atom. The van der Waals surface area contributed by atoms with Crippen molar-refractivity contribution >= 4 is 10.8 Å². The number of nitriles is 1. The van der Waals surface area contributed by atoms with Gasteiger partial charge < -0.3 is 4.74 Å². The molecule has 0 radical (unpaired) electrons. The Balaban J connectivity index is 1.31. The molecule has 9 rings (SSSR count). The highest BCUT2D eigenvalue weighted by Crippen LogP contribution is 2.57. The largest absolute Gasteiger partial charge is 0.457 e. The fourth-order valence-corrected chi connectivity index (χ4v) is 7.70. The van der Waals surface area contributed by atoms with Crippen molar-refractivity contribution in [1.82, 2.24) is 15.0 Å². The first kappa shape index (κ1) is 30.4. The molecule has 1 aliphatic heterocycles. The molecule has 2 atom stereocenters. The molecule has 0 amide bonds. The second-order valence-corrected chi connectivity index (χ2v) is 13.2. The van der Waals surface area contributed by atoms with Gasteiger partial charge in [-0.25, -0.2) is 15.0 Å². The summed E-state index contributed by atoms with van der Waals surface area (Å²) in [6.07, 6.45) is 7.66. The van der Waals surface area contributed by atoms with E-state index in [1.165, 1.54) is 11.1 Å². The standard InChI is InChI=1S/C46H32N4O/c1-30-11-9-16-36(27-30)46(35-14-3-2-4-15-35)39-19-7-8-20-41(39)51-42-26-25-34(28-40(42)46)44-48-43(33-23-21-31(29-47)22-24-33)49-45(50-44)38-18-10-13-32-12-5-6-17-37(32)38/h2-26,28,30H,27H2,1H3. The van der Waals surface area contributed by atoms with Crippen LogP contribution in [-0.2, 0) is 5.41 Å². The molecule has 5 nitrogen and oxygen atoms in total. The fourth-order valence-electron chi connectivity index (χ4n) is 7.70. The van der Waals surface area contributed by atoms with Crippen molar-refractivity contribution in [1.29, 1.82) is 5.26 Å². The number of benzene rings is 6. The van der Waals surface area contributed by atoms with Crippen LogP contribution in [0.3, 0.4) is 0 Å². The molecule has 2 heterocycles. The minimum absolute atomic E-state index is 0.383. The van der Waals surface area contributed by atoms with Gasteiger partial charge in [0, 0.05) is 27.8 Å². The van der Waals surface area contributed by atoms with Gasteiger partial charge in [0.25, 0.3) is 0 Å². The summed E-state index contributed by atoms with van der Waals surface area (Å²) in [4.78, 5) is 15.3. The highest BCUT2D eigenvalue weighted by atomic mass is 16.5. The summed E-state index contributed by atoms with van der Waals surface area (Å²) in [5, 5.41) is 11.6. The lowest BCUT2D eigenvalue weighted by Crippen LogP contribution is -2.36. The molecule has 242 valence electrons. The third-order valence-corrected chi connectivity index (χ3v) is 10.1. The van der Waals surface area contributed by atoms with Crippen molar-refractivity contribution < 1.29 is 4.74 Å². The van der Waals surface area contributed by atoms with Crippen LogP contribution in [0.25, 0.3) is 44.9 Å². The smallest absolute Gasteiger partial charge is 0.164 e. The summed E-state index contributed by atoms with van der Waals surface area (Å²) < 4.78 is 6.69. The minimum atomic E-state index is -0.609. The Bertz CT molecular complexity index is 2560. The van der Waals surface area contributed by atoms with Gasteiger partial charge in [0.05, 0.1) is 17.0 Å². The Hall–Kier alpha value is -6.64. The van der Waals surface area contributed by atoms with Crippen molar-refractivity contribution in [2.24, 2.45) is 5.92 Å². The number of para-hydroxylation sites is 1. The van der Waals surface area contributed by atoms with Gasteiger partial charge in [-0.2, -0.15) is 5.26 Å². The van der Waals surface area contributed by atoms with Crippen molar-refractivity contribution in [3.63, 3.8) is 0 Å². The van der Waals surface area contributed by atoms with E-state index in [2.05, 4.69) is 116 Å². The molecular formula is C46H32N4O. The third-order valence-electron chi connectivity index (χ3n) is 10.1. The summed E-state index contributed by atoms with van der Waals surface area (Å²) >= 11 is 0. The van der Waals surface area contributed by atoms with Crippen molar-refractivity contribution in [3.8, 4) is 51.7 Å². The first-order valence-corrected chi connectivity index (χ1v) is 17.2. The topological polar surface area (TPSA) is 71.7 Å². The molecular weight excluding hydrogens is 625 g/mol. The number of hydrogen-bond donors (Lipinski definition) is 0. The summed E-state index contributed by atoms with van der Waals surface area (Å²) in [5.74, 6) is 3.72. The van der Waals surface area contributed by atoms with E-state index in [-0.39, 0.29) is 0 Å². The van der Waals surface area contributed by atoms with Gasteiger partial charge in [-0.1, -0.05) is 122 Å². The van der Waals surface area contributed by atoms with Crippen LogP contribution in [0, 0.1) is 17.2 Å². The quantitative estimate of drug-likeness (QED) is 0.184. The fraction of sp³-hybridized carbons (Fsp3) is 0.0870. The molecule has 51 heavy (non-hydrogen) atoms. The minimum Gasteiger partial charge on any atom is -0.457 e. The number of allylic oxidation sites excluding steroid dienone is 4. The molecule has 2 aliphatic rings. The Morgan fingerprint density at radius 1 is 0.667 bits per heavy atom. The average molecular weight is 657 g/mol. The van der Waals surface area contributed by atoms with E-state index in [0.29, 0.717) is 29.0 Å². The predicted octanol–water partition coefficient (Wildman–Crippen LogP) is 10.9. The molecule has 1 aromatic heterocycles. The Kier molecular flexibility index (Phi) is 7.37. The second-order valence-electron chi connectivity index (χ2n) is 13.2. The first-order chi connectivity index (χ1) is 25.1. The monoisotopic (exact) mass is 656 g/mol. The van der Waals surface area contributed by atoms with Gasteiger partial charge in [0.2, 0.25) is 0 Å². The maximum Gasteiger partial charge on any atom is 0.164 e. The summed E-state index contributed by atoms with van der Waals surface area (Å²) in [7, 11) is 0. The summed E-state index contributed by atoms with van der Waals surface area (Å²) in [5.41, 5.74) is 7.20. The van der Waals surface area contributed by atoms with Gasteiger partial charge in [-0.05, 0) is 77.2 Å². The van der Waals surface area contributed by atoms with Gasteiger partial charge in [0.1, 0.15) is 11.5 Å². The molecule has 1 aliphatic carbocycles. The zero-order valence-electron chi connectivity index (χ0n) is 28.0. The molecule has 6 aromatic carbocycles. The number of aromatic nitrogens is 3. The van der Waals surface area contributed by atoms with E-state index in [1.807, 2.05) is 42.5 Å². The molecule has 2 unspecified atom stereocenters. The molecule has 5 heteroatoms. The predicted molar refractivity (Wildman–Crippen MR) is 202 cm³/mol.